The summed E-state index contributed by atoms with van der Waals surface area (Å²) in [6, 6.07) is 9.62. The van der Waals surface area contributed by atoms with E-state index in [0.717, 1.165) is 4.90 Å². The maximum atomic E-state index is 13.1. The minimum Gasteiger partial charge on any atom is -0.482 e. The van der Waals surface area contributed by atoms with Crippen LogP contribution in [0.5, 0.6) is 5.75 Å². The molecule has 11 heteroatoms. The summed E-state index contributed by atoms with van der Waals surface area (Å²) in [6.45, 7) is -0.633. The number of carbonyl (C=O) groups excluding carboxylic acids is 2. The van der Waals surface area contributed by atoms with E-state index in [1.54, 1.807) is 17.5 Å². The van der Waals surface area contributed by atoms with E-state index in [1.165, 1.54) is 41.7 Å². The van der Waals surface area contributed by atoms with Crippen LogP contribution < -0.4 is 15.0 Å². The molecule has 2 aromatic carbocycles. The molecule has 2 heterocycles. The number of nitrogens with zero attached hydrogens (tertiary/aromatic N) is 3. The molecule has 3 aromatic rings. The molecule has 0 atom stereocenters. The van der Waals surface area contributed by atoms with Crippen LogP contribution in [0.2, 0.25) is 0 Å². The van der Waals surface area contributed by atoms with Crippen molar-refractivity contribution in [1.82, 2.24) is 4.98 Å². The van der Waals surface area contributed by atoms with Crippen molar-refractivity contribution in [3.63, 3.8) is 0 Å². The molecule has 0 saturated carbocycles. The van der Waals surface area contributed by atoms with E-state index < -0.39 is 16.7 Å². The van der Waals surface area contributed by atoms with Crippen LogP contribution in [0.1, 0.15) is 0 Å². The minimum absolute atomic E-state index is 0.154. The van der Waals surface area contributed by atoms with E-state index in [0.29, 0.717) is 16.4 Å². The molecule has 0 bridgehead atoms. The standard InChI is InChI=1S/C19H13FN4O5S/c20-12-3-1-11(2-4-12)14-10-30-19(21-14)22-17(25)8-23-15-7-13(24(27)28)5-6-16(15)29-9-18(23)26/h1-7,10H,8-9H2,(H,21,22,25). The number of hydrogen-bond acceptors (Lipinski definition) is 7. The third kappa shape index (κ3) is 3.96. The van der Waals surface area contributed by atoms with Crippen LogP contribution in [0, 0.1) is 15.9 Å². The number of nitrogens with one attached hydrogen (secondary N) is 1. The average Bonchev–Trinajstić information content (AvgIpc) is 3.18. The molecule has 0 radical (unpaired) electrons. The van der Waals surface area contributed by atoms with Gasteiger partial charge in [0.05, 0.1) is 16.3 Å². The fraction of sp³-hybridized carbons (Fsp3) is 0.105. The number of hydrogen-bond donors (Lipinski definition) is 1. The van der Waals surface area contributed by atoms with Gasteiger partial charge in [0.25, 0.3) is 11.6 Å². The van der Waals surface area contributed by atoms with E-state index in [1.807, 2.05) is 0 Å². The number of carbonyl (C=O) groups is 2. The minimum atomic E-state index is -0.593. The smallest absolute Gasteiger partial charge is 0.271 e. The number of anilines is 2. The highest BCUT2D eigenvalue weighted by molar-refractivity contribution is 7.14. The monoisotopic (exact) mass is 428 g/mol. The number of thiazole rings is 1. The zero-order chi connectivity index (χ0) is 21.3. The molecule has 4 rings (SSSR count). The first kappa shape index (κ1) is 19.5. The van der Waals surface area contributed by atoms with E-state index in [-0.39, 0.29) is 36.1 Å². The van der Waals surface area contributed by atoms with Crippen LogP contribution in [0.25, 0.3) is 11.3 Å². The highest BCUT2D eigenvalue weighted by atomic mass is 32.1. The van der Waals surface area contributed by atoms with Crippen LogP contribution in [0.3, 0.4) is 0 Å². The van der Waals surface area contributed by atoms with Crippen LogP contribution in [0.15, 0.2) is 47.8 Å². The van der Waals surface area contributed by atoms with Crippen molar-refractivity contribution in [2.45, 2.75) is 0 Å². The molecular weight excluding hydrogens is 415 g/mol. The van der Waals surface area contributed by atoms with Gasteiger partial charge in [0, 0.05) is 23.1 Å². The first-order valence-corrected chi connectivity index (χ1v) is 9.51. The summed E-state index contributed by atoms with van der Waals surface area (Å²) in [5.41, 5.74) is 1.19. The lowest BCUT2D eigenvalue weighted by Crippen LogP contribution is -2.43. The molecule has 1 N–H and O–H groups in total. The molecule has 152 valence electrons. The van der Waals surface area contributed by atoms with Gasteiger partial charge in [0.1, 0.15) is 18.1 Å². The average molecular weight is 428 g/mol. The Labute approximate surface area is 172 Å². The molecule has 0 saturated heterocycles. The summed E-state index contributed by atoms with van der Waals surface area (Å²) in [7, 11) is 0. The molecule has 1 aliphatic heterocycles. The first-order valence-electron chi connectivity index (χ1n) is 8.63. The highest BCUT2D eigenvalue weighted by Gasteiger charge is 2.29. The molecule has 0 aliphatic carbocycles. The molecule has 0 fully saturated rings. The quantitative estimate of drug-likeness (QED) is 0.493. The second-order valence-electron chi connectivity index (χ2n) is 6.27. The second-order valence-corrected chi connectivity index (χ2v) is 7.13. The summed E-state index contributed by atoms with van der Waals surface area (Å²) in [5, 5.41) is 15.7. The Kier molecular flexibility index (Phi) is 5.11. The van der Waals surface area contributed by atoms with Crippen molar-refractivity contribution >= 4 is 39.7 Å². The lowest BCUT2D eigenvalue weighted by atomic mass is 10.2. The van der Waals surface area contributed by atoms with Gasteiger partial charge >= 0.3 is 0 Å². The normalized spacial score (nSPS) is 12.8. The fourth-order valence-electron chi connectivity index (χ4n) is 2.86. The van der Waals surface area contributed by atoms with E-state index >= 15 is 0 Å². The number of rotatable bonds is 5. The molecule has 9 nitrogen and oxygen atoms in total. The van der Waals surface area contributed by atoms with Gasteiger partial charge in [-0.25, -0.2) is 9.37 Å². The fourth-order valence-corrected chi connectivity index (χ4v) is 3.60. The predicted octanol–water partition coefficient (Wildman–Crippen LogP) is 3.22. The first-order chi connectivity index (χ1) is 14.4. The van der Waals surface area contributed by atoms with E-state index in [2.05, 4.69) is 10.3 Å². The maximum Gasteiger partial charge on any atom is 0.271 e. The number of non-ortho nitro benzene ring substituents is 1. The second kappa shape index (κ2) is 7.87. The van der Waals surface area contributed by atoms with Gasteiger partial charge in [0.2, 0.25) is 5.91 Å². The third-order valence-corrected chi connectivity index (χ3v) is 5.05. The van der Waals surface area contributed by atoms with Gasteiger partial charge < -0.3 is 10.1 Å². The van der Waals surface area contributed by atoms with Crippen LogP contribution in [-0.4, -0.2) is 34.9 Å². The number of aromatic nitrogens is 1. The molecule has 1 aromatic heterocycles. The molecule has 30 heavy (non-hydrogen) atoms. The number of halogens is 1. The Morgan fingerprint density at radius 1 is 1.30 bits per heavy atom. The zero-order valence-corrected chi connectivity index (χ0v) is 16.0. The number of nitro benzene ring substituents is 1. The van der Waals surface area contributed by atoms with E-state index in [4.69, 9.17) is 4.74 Å². The number of nitro groups is 1. The summed E-state index contributed by atoms with van der Waals surface area (Å²) >= 11 is 1.18. The number of fused-ring (bicyclic) bond motifs is 1. The Bertz CT molecular complexity index is 1150. The zero-order valence-electron chi connectivity index (χ0n) is 15.2. The van der Waals surface area contributed by atoms with Gasteiger partial charge in [-0.2, -0.15) is 0 Å². The predicted molar refractivity (Wildman–Crippen MR) is 107 cm³/mol. The Balaban J connectivity index is 1.49. The molecule has 1 aliphatic rings. The van der Waals surface area contributed by atoms with Crippen molar-refractivity contribution in [3.05, 3.63) is 63.8 Å². The van der Waals surface area contributed by atoms with Crippen LogP contribution in [-0.2, 0) is 9.59 Å². The summed E-state index contributed by atoms with van der Waals surface area (Å²) in [6.07, 6.45) is 0. The van der Waals surface area contributed by atoms with Crippen LogP contribution >= 0.6 is 11.3 Å². The topological polar surface area (TPSA) is 115 Å². The van der Waals surface area contributed by atoms with Crippen molar-refractivity contribution in [2.75, 3.05) is 23.4 Å². The van der Waals surface area contributed by atoms with Gasteiger partial charge in [-0.15, -0.1) is 11.3 Å². The van der Waals surface area contributed by atoms with Crippen molar-refractivity contribution in [1.29, 1.82) is 0 Å². The van der Waals surface area contributed by atoms with Gasteiger partial charge in [-0.1, -0.05) is 0 Å². The molecular formula is C19H13FN4O5S. The van der Waals surface area contributed by atoms with Gasteiger partial charge in [-0.3, -0.25) is 24.6 Å². The Morgan fingerprint density at radius 2 is 2.07 bits per heavy atom. The van der Waals surface area contributed by atoms with Crippen molar-refractivity contribution < 1.29 is 23.6 Å². The third-order valence-electron chi connectivity index (χ3n) is 4.29. The van der Waals surface area contributed by atoms with Gasteiger partial charge in [-0.05, 0) is 30.3 Å². The maximum absolute atomic E-state index is 13.1. The number of amides is 2. The lowest BCUT2D eigenvalue weighted by Gasteiger charge is -2.28. The SMILES string of the molecule is O=C(CN1C(=O)COc2ccc([N+](=O)[O-])cc21)Nc1nc(-c2ccc(F)cc2)cs1. The summed E-state index contributed by atoms with van der Waals surface area (Å²) in [5.74, 6) is -1.11. The molecule has 0 unspecified atom stereocenters. The number of benzene rings is 2. The van der Waals surface area contributed by atoms with Gasteiger partial charge in [0.15, 0.2) is 11.7 Å². The number of ether oxygens (including phenoxy) is 1. The Morgan fingerprint density at radius 3 is 2.80 bits per heavy atom. The van der Waals surface area contributed by atoms with Crippen molar-refractivity contribution in [3.8, 4) is 17.0 Å². The molecule has 0 spiro atoms. The Hall–Kier alpha value is -3.86. The highest BCUT2D eigenvalue weighted by Crippen LogP contribution is 2.35. The summed E-state index contributed by atoms with van der Waals surface area (Å²) in [4.78, 5) is 40.6. The molecule has 2 amide bonds. The van der Waals surface area contributed by atoms with Crippen LogP contribution in [0.4, 0.5) is 20.9 Å². The van der Waals surface area contributed by atoms with E-state index in [9.17, 15) is 24.1 Å². The van der Waals surface area contributed by atoms with Crippen molar-refractivity contribution in [2.24, 2.45) is 0 Å². The summed E-state index contributed by atoms with van der Waals surface area (Å²) < 4.78 is 18.3. The lowest BCUT2D eigenvalue weighted by molar-refractivity contribution is -0.384. The largest absolute Gasteiger partial charge is 0.482 e.